The molecule has 0 aliphatic rings. The number of pyridine rings is 1. The van der Waals surface area contributed by atoms with E-state index in [1.807, 2.05) is 0 Å². The molecule has 0 saturated carbocycles. The summed E-state index contributed by atoms with van der Waals surface area (Å²) in [5.41, 5.74) is 0.411. The van der Waals surface area contributed by atoms with E-state index in [2.05, 4.69) is 10.3 Å². The number of hydrogen-bond acceptors (Lipinski definition) is 4. The molecule has 0 bridgehead atoms. The molecule has 0 aliphatic heterocycles. The predicted octanol–water partition coefficient (Wildman–Crippen LogP) is 4.04. The molecule has 1 aromatic heterocycles. The van der Waals surface area contributed by atoms with E-state index in [0.717, 1.165) is 11.6 Å². The summed E-state index contributed by atoms with van der Waals surface area (Å²) in [6.45, 7) is 1.91. The van der Waals surface area contributed by atoms with Crippen molar-refractivity contribution in [1.29, 1.82) is 0 Å². The standard InChI is InChI=1S/C16H17F3N2O2/c1-10-6-14(16(17,18)19)21-15(7-10)20-9-11-4-5-12(22-2)13(8-11)23-3/h4-8H,9H2,1-3H3,(H,20,21). The predicted molar refractivity (Wildman–Crippen MR) is 80.8 cm³/mol. The third-order valence-electron chi connectivity index (χ3n) is 3.18. The van der Waals surface area contributed by atoms with Gasteiger partial charge in [-0.2, -0.15) is 13.2 Å². The van der Waals surface area contributed by atoms with Crippen molar-refractivity contribution in [3.8, 4) is 11.5 Å². The minimum atomic E-state index is -4.47. The van der Waals surface area contributed by atoms with Crippen LogP contribution in [0.2, 0.25) is 0 Å². The van der Waals surface area contributed by atoms with E-state index in [1.54, 1.807) is 31.2 Å². The Bertz CT molecular complexity index is 688. The van der Waals surface area contributed by atoms with Crippen LogP contribution in [-0.2, 0) is 12.7 Å². The van der Waals surface area contributed by atoms with Gasteiger partial charge in [-0.25, -0.2) is 4.98 Å². The van der Waals surface area contributed by atoms with Gasteiger partial charge in [-0.3, -0.25) is 0 Å². The van der Waals surface area contributed by atoms with E-state index in [0.29, 0.717) is 23.6 Å². The highest BCUT2D eigenvalue weighted by Gasteiger charge is 2.32. The highest BCUT2D eigenvalue weighted by atomic mass is 19.4. The van der Waals surface area contributed by atoms with Crippen LogP contribution >= 0.6 is 0 Å². The third kappa shape index (κ3) is 4.28. The minimum absolute atomic E-state index is 0.173. The summed E-state index contributed by atoms with van der Waals surface area (Å²) in [6.07, 6.45) is -4.47. The van der Waals surface area contributed by atoms with E-state index < -0.39 is 11.9 Å². The molecule has 23 heavy (non-hydrogen) atoms. The first-order valence-electron chi connectivity index (χ1n) is 6.84. The molecule has 0 atom stereocenters. The van der Waals surface area contributed by atoms with Crippen LogP contribution in [0.15, 0.2) is 30.3 Å². The molecule has 0 radical (unpaired) electrons. The monoisotopic (exact) mass is 326 g/mol. The van der Waals surface area contributed by atoms with Crippen LogP contribution in [0.3, 0.4) is 0 Å². The van der Waals surface area contributed by atoms with Crippen molar-refractivity contribution in [3.63, 3.8) is 0 Å². The molecule has 4 nitrogen and oxygen atoms in total. The van der Waals surface area contributed by atoms with Crippen molar-refractivity contribution in [3.05, 3.63) is 47.2 Å². The largest absolute Gasteiger partial charge is 0.493 e. The Labute approximate surface area is 132 Å². The van der Waals surface area contributed by atoms with Crippen LogP contribution < -0.4 is 14.8 Å². The first-order valence-corrected chi connectivity index (χ1v) is 6.84. The molecular weight excluding hydrogens is 309 g/mol. The molecule has 0 amide bonds. The van der Waals surface area contributed by atoms with E-state index in [-0.39, 0.29) is 5.82 Å². The van der Waals surface area contributed by atoms with Gasteiger partial charge < -0.3 is 14.8 Å². The van der Waals surface area contributed by atoms with Crippen LogP contribution in [0.5, 0.6) is 11.5 Å². The Morgan fingerprint density at radius 3 is 2.35 bits per heavy atom. The number of nitrogens with one attached hydrogen (secondary N) is 1. The number of halogens is 3. The van der Waals surface area contributed by atoms with Gasteiger partial charge in [0.1, 0.15) is 11.5 Å². The molecule has 0 aliphatic carbocycles. The Kier molecular flexibility index (Phi) is 4.98. The highest BCUT2D eigenvalue weighted by Crippen LogP contribution is 2.30. The fourth-order valence-electron chi connectivity index (χ4n) is 2.09. The third-order valence-corrected chi connectivity index (χ3v) is 3.18. The Hall–Kier alpha value is -2.44. The minimum Gasteiger partial charge on any atom is -0.493 e. The van der Waals surface area contributed by atoms with Gasteiger partial charge in [0.25, 0.3) is 0 Å². The number of alkyl halides is 3. The van der Waals surface area contributed by atoms with Crippen molar-refractivity contribution in [2.24, 2.45) is 0 Å². The molecule has 0 unspecified atom stereocenters. The van der Waals surface area contributed by atoms with Crippen LogP contribution in [0.1, 0.15) is 16.8 Å². The number of hydrogen-bond donors (Lipinski definition) is 1. The van der Waals surface area contributed by atoms with Gasteiger partial charge in [-0.15, -0.1) is 0 Å². The molecular formula is C16H17F3N2O2. The Morgan fingerprint density at radius 1 is 1.04 bits per heavy atom. The molecule has 124 valence electrons. The van der Waals surface area contributed by atoms with Crippen molar-refractivity contribution >= 4 is 5.82 Å². The molecule has 0 fully saturated rings. The topological polar surface area (TPSA) is 43.4 Å². The molecule has 0 saturated heterocycles. The molecule has 2 rings (SSSR count). The first-order chi connectivity index (χ1) is 10.8. The summed E-state index contributed by atoms with van der Waals surface area (Å²) in [6, 6.07) is 7.87. The maximum atomic E-state index is 12.8. The summed E-state index contributed by atoms with van der Waals surface area (Å²) in [5.74, 6) is 1.32. The van der Waals surface area contributed by atoms with Gasteiger partial charge >= 0.3 is 6.18 Å². The van der Waals surface area contributed by atoms with E-state index in [1.165, 1.54) is 14.2 Å². The zero-order valence-electron chi connectivity index (χ0n) is 13.0. The number of benzene rings is 1. The molecule has 1 N–H and O–H groups in total. The number of rotatable bonds is 5. The second kappa shape index (κ2) is 6.76. The zero-order valence-corrected chi connectivity index (χ0v) is 13.0. The van der Waals surface area contributed by atoms with Gasteiger partial charge in [0.15, 0.2) is 11.5 Å². The van der Waals surface area contributed by atoms with Crippen molar-refractivity contribution in [1.82, 2.24) is 4.98 Å². The average Bonchev–Trinajstić information content (AvgIpc) is 2.51. The van der Waals surface area contributed by atoms with Gasteiger partial charge in [0.05, 0.1) is 14.2 Å². The fourth-order valence-corrected chi connectivity index (χ4v) is 2.09. The lowest BCUT2D eigenvalue weighted by Crippen LogP contribution is -2.11. The van der Waals surface area contributed by atoms with Crippen LogP contribution in [-0.4, -0.2) is 19.2 Å². The van der Waals surface area contributed by atoms with E-state index >= 15 is 0 Å². The average molecular weight is 326 g/mol. The van der Waals surface area contributed by atoms with Crippen LogP contribution in [0.25, 0.3) is 0 Å². The number of aromatic nitrogens is 1. The summed E-state index contributed by atoms with van der Waals surface area (Å²) in [4.78, 5) is 3.60. The van der Waals surface area contributed by atoms with Crippen molar-refractivity contribution < 1.29 is 22.6 Å². The SMILES string of the molecule is COc1ccc(CNc2cc(C)cc(C(F)(F)F)n2)cc1OC. The number of anilines is 1. The lowest BCUT2D eigenvalue weighted by Gasteiger charge is -2.12. The molecule has 1 aromatic carbocycles. The van der Waals surface area contributed by atoms with Gasteiger partial charge in [-0.05, 0) is 42.3 Å². The van der Waals surface area contributed by atoms with Gasteiger partial charge in [-0.1, -0.05) is 6.07 Å². The number of methoxy groups -OCH3 is 2. The number of nitrogens with zero attached hydrogens (tertiary/aromatic N) is 1. The van der Waals surface area contributed by atoms with Gasteiger partial charge in [0, 0.05) is 6.54 Å². The maximum absolute atomic E-state index is 12.8. The second-order valence-electron chi connectivity index (χ2n) is 4.96. The smallest absolute Gasteiger partial charge is 0.433 e. The quantitative estimate of drug-likeness (QED) is 0.900. The van der Waals surface area contributed by atoms with Crippen molar-refractivity contribution in [2.75, 3.05) is 19.5 Å². The lowest BCUT2D eigenvalue weighted by atomic mass is 10.2. The van der Waals surface area contributed by atoms with E-state index in [9.17, 15) is 13.2 Å². The lowest BCUT2D eigenvalue weighted by molar-refractivity contribution is -0.141. The molecule has 1 heterocycles. The molecule has 0 spiro atoms. The second-order valence-corrected chi connectivity index (χ2v) is 4.96. The summed E-state index contributed by atoms with van der Waals surface area (Å²) in [7, 11) is 3.05. The summed E-state index contributed by atoms with van der Waals surface area (Å²) >= 11 is 0. The summed E-state index contributed by atoms with van der Waals surface area (Å²) in [5, 5.41) is 2.90. The molecule has 2 aromatic rings. The fraction of sp³-hybridized carbons (Fsp3) is 0.312. The van der Waals surface area contributed by atoms with Crippen LogP contribution in [0, 0.1) is 6.92 Å². The zero-order chi connectivity index (χ0) is 17.0. The maximum Gasteiger partial charge on any atom is 0.433 e. The van der Waals surface area contributed by atoms with Gasteiger partial charge in [0.2, 0.25) is 0 Å². The van der Waals surface area contributed by atoms with E-state index in [4.69, 9.17) is 9.47 Å². The van der Waals surface area contributed by atoms with Crippen LogP contribution in [0.4, 0.5) is 19.0 Å². The normalized spacial score (nSPS) is 11.2. The number of aryl methyl sites for hydroxylation is 1. The number of ether oxygens (including phenoxy) is 2. The highest BCUT2D eigenvalue weighted by molar-refractivity contribution is 5.45. The molecule has 7 heteroatoms. The van der Waals surface area contributed by atoms with Crippen molar-refractivity contribution in [2.45, 2.75) is 19.6 Å². The Balaban J connectivity index is 2.16. The first kappa shape index (κ1) is 16.9. The Morgan fingerprint density at radius 2 is 1.74 bits per heavy atom. The summed E-state index contributed by atoms with van der Waals surface area (Å²) < 4.78 is 48.7.